The molecule has 3 N–H and O–H groups in total. The van der Waals surface area contributed by atoms with E-state index in [2.05, 4.69) is 5.32 Å². The molecule has 0 aromatic carbocycles. The lowest BCUT2D eigenvalue weighted by atomic mass is 9.68. The molecule has 2 rings (SSSR count). The van der Waals surface area contributed by atoms with Crippen LogP contribution in [0.5, 0.6) is 0 Å². The minimum absolute atomic E-state index is 0.0799. The average molecular weight is 158 g/mol. The van der Waals surface area contributed by atoms with Crippen molar-refractivity contribution in [3.63, 3.8) is 0 Å². The van der Waals surface area contributed by atoms with E-state index in [0.29, 0.717) is 6.54 Å². The molecule has 1 aliphatic heterocycles. The van der Waals surface area contributed by atoms with Crippen molar-refractivity contribution in [2.75, 3.05) is 13.1 Å². The molecule has 0 spiro atoms. The summed E-state index contributed by atoms with van der Waals surface area (Å²) in [6.45, 7) is 1.28. The van der Waals surface area contributed by atoms with Gasteiger partial charge in [0.2, 0.25) is 0 Å². The number of nitrogens with one attached hydrogen (secondary N) is 1. The minimum atomic E-state index is -0.708. The van der Waals surface area contributed by atoms with Crippen LogP contribution in [0.15, 0.2) is 0 Å². The van der Waals surface area contributed by atoms with Crippen molar-refractivity contribution in [3.05, 3.63) is 0 Å². The summed E-state index contributed by atoms with van der Waals surface area (Å²) in [5.74, 6) is 0.0799. The molecule has 2 nitrogen and oxygen atoms in total. The van der Waals surface area contributed by atoms with Crippen molar-refractivity contribution in [3.8, 4) is 0 Å². The summed E-state index contributed by atoms with van der Waals surface area (Å²) in [5.41, 5.74) is 5.85. The first-order valence-electron chi connectivity index (χ1n) is 4.36. The Kier molecular flexibility index (Phi) is 1.65. The van der Waals surface area contributed by atoms with Gasteiger partial charge in [-0.3, -0.25) is 0 Å². The van der Waals surface area contributed by atoms with E-state index in [9.17, 15) is 4.39 Å². The lowest BCUT2D eigenvalue weighted by molar-refractivity contribution is 0.109. The first-order chi connectivity index (χ1) is 5.22. The first kappa shape index (κ1) is 7.50. The molecule has 1 saturated heterocycles. The number of halogens is 1. The van der Waals surface area contributed by atoms with Gasteiger partial charge in [0, 0.05) is 24.5 Å². The lowest BCUT2D eigenvalue weighted by Gasteiger charge is -2.43. The first-order valence-corrected chi connectivity index (χ1v) is 4.36. The van der Waals surface area contributed by atoms with E-state index in [1.807, 2.05) is 0 Å². The normalized spacial score (nSPS) is 42.0. The van der Waals surface area contributed by atoms with Crippen molar-refractivity contribution in [1.82, 2.24) is 5.32 Å². The Hall–Kier alpha value is -0.150. The highest BCUT2D eigenvalue weighted by Gasteiger charge is 2.46. The maximum absolute atomic E-state index is 13.2. The Morgan fingerprint density at radius 3 is 2.45 bits per heavy atom. The van der Waals surface area contributed by atoms with Crippen LogP contribution in [-0.2, 0) is 0 Å². The maximum atomic E-state index is 13.2. The van der Waals surface area contributed by atoms with Crippen LogP contribution in [-0.4, -0.2) is 24.8 Å². The van der Waals surface area contributed by atoms with Gasteiger partial charge in [0.1, 0.15) is 6.17 Å². The Morgan fingerprint density at radius 2 is 2.09 bits per heavy atom. The minimum Gasteiger partial charge on any atom is -0.325 e. The molecule has 0 aromatic rings. The van der Waals surface area contributed by atoms with Gasteiger partial charge in [-0.1, -0.05) is 0 Å². The molecular weight excluding hydrogens is 143 g/mol. The van der Waals surface area contributed by atoms with Gasteiger partial charge in [-0.2, -0.15) is 0 Å². The zero-order valence-electron chi connectivity index (χ0n) is 6.65. The van der Waals surface area contributed by atoms with Crippen LogP contribution in [0.4, 0.5) is 4.39 Å². The van der Waals surface area contributed by atoms with Crippen molar-refractivity contribution in [1.29, 1.82) is 0 Å². The Balaban J connectivity index is 2.02. The Morgan fingerprint density at radius 1 is 1.36 bits per heavy atom. The van der Waals surface area contributed by atoms with Crippen LogP contribution in [0.25, 0.3) is 0 Å². The lowest BCUT2D eigenvalue weighted by Crippen LogP contribution is -2.55. The van der Waals surface area contributed by atoms with E-state index >= 15 is 0 Å². The molecule has 0 radical (unpaired) electrons. The van der Waals surface area contributed by atoms with E-state index in [1.165, 1.54) is 6.42 Å². The quantitative estimate of drug-likeness (QED) is 0.580. The summed E-state index contributed by atoms with van der Waals surface area (Å²) >= 11 is 0. The van der Waals surface area contributed by atoms with Crippen molar-refractivity contribution in [2.45, 2.75) is 31.0 Å². The number of hydrogen-bond donors (Lipinski definition) is 2. The topological polar surface area (TPSA) is 38.0 Å². The molecular formula is C8H15FN2. The van der Waals surface area contributed by atoms with Gasteiger partial charge in [0.05, 0.1) is 0 Å². The summed E-state index contributed by atoms with van der Waals surface area (Å²) in [6.07, 6.45) is 2.50. The van der Waals surface area contributed by atoms with Gasteiger partial charge in [-0.25, -0.2) is 4.39 Å². The fraction of sp³-hybridized carbons (Fsp3) is 1.00. The summed E-state index contributed by atoms with van der Waals surface area (Å²) < 4.78 is 13.2. The van der Waals surface area contributed by atoms with E-state index in [1.54, 1.807) is 0 Å². The van der Waals surface area contributed by atoms with Crippen LogP contribution in [0.2, 0.25) is 0 Å². The van der Waals surface area contributed by atoms with Crippen LogP contribution in [0.1, 0.15) is 19.3 Å². The second kappa shape index (κ2) is 2.42. The van der Waals surface area contributed by atoms with Crippen LogP contribution in [0, 0.1) is 5.92 Å². The average Bonchev–Trinajstić information content (AvgIpc) is 2.30. The number of rotatable bonds is 1. The van der Waals surface area contributed by atoms with Crippen molar-refractivity contribution >= 4 is 0 Å². The largest absolute Gasteiger partial charge is 0.325 e. The van der Waals surface area contributed by atoms with Gasteiger partial charge in [0.15, 0.2) is 0 Å². The smallest absolute Gasteiger partial charge is 0.118 e. The van der Waals surface area contributed by atoms with Crippen LogP contribution < -0.4 is 11.1 Å². The zero-order chi connectivity index (χ0) is 7.90. The summed E-state index contributed by atoms with van der Waals surface area (Å²) in [4.78, 5) is 0. The zero-order valence-corrected chi connectivity index (χ0v) is 6.65. The molecule has 0 unspecified atom stereocenters. The molecule has 3 heteroatoms. The van der Waals surface area contributed by atoms with Crippen molar-refractivity contribution < 1.29 is 4.39 Å². The molecule has 2 atom stereocenters. The monoisotopic (exact) mass is 158 g/mol. The Bertz CT molecular complexity index is 156. The van der Waals surface area contributed by atoms with Crippen LogP contribution >= 0.6 is 0 Å². The van der Waals surface area contributed by atoms with Gasteiger partial charge < -0.3 is 11.1 Å². The number of alkyl halides is 1. The third-order valence-electron chi connectivity index (χ3n) is 3.16. The molecule has 1 heterocycles. The maximum Gasteiger partial charge on any atom is 0.118 e. The highest BCUT2D eigenvalue weighted by atomic mass is 19.1. The molecule has 1 aliphatic carbocycles. The van der Waals surface area contributed by atoms with E-state index in [-0.39, 0.29) is 11.5 Å². The van der Waals surface area contributed by atoms with Crippen LogP contribution in [0.3, 0.4) is 0 Å². The standard InChI is InChI=1S/C8H15FN2/c9-7-5-11-4-6(7)8(10)2-1-3-8/h6-7,11H,1-5,10H2/t6-,7+/m0/s1. The van der Waals surface area contributed by atoms with Gasteiger partial charge in [-0.05, 0) is 19.3 Å². The fourth-order valence-corrected chi connectivity index (χ4v) is 2.17. The third-order valence-corrected chi connectivity index (χ3v) is 3.16. The molecule has 0 aromatic heterocycles. The van der Waals surface area contributed by atoms with E-state index < -0.39 is 6.17 Å². The molecule has 11 heavy (non-hydrogen) atoms. The summed E-state index contributed by atoms with van der Waals surface area (Å²) in [6, 6.07) is 0. The van der Waals surface area contributed by atoms with Crippen molar-refractivity contribution in [2.24, 2.45) is 11.7 Å². The molecule has 1 saturated carbocycles. The second-order valence-electron chi connectivity index (χ2n) is 3.87. The molecule has 2 fully saturated rings. The number of hydrogen-bond acceptors (Lipinski definition) is 2. The predicted octanol–water partition coefficient (Wildman–Crippen LogP) is 0.425. The van der Waals surface area contributed by atoms with E-state index in [0.717, 1.165) is 19.4 Å². The van der Waals surface area contributed by atoms with Gasteiger partial charge >= 0.3 is 0 Å². The highest BCUT2D eigenvalue weighted by molar-refractivity contribution is 5.04. The summed E-state index contributed by atoms with van der Waals surface area (Å²) in [5, 5.41) is 3.04. The molecule has 64 valence electrons. The molecule has 2 aliphatic rings. The van der Waals surface area contributed by atoms with Gasteiger partial charge in [0.25, 0.3) is 0 Å². The second-order valence-corrected chi connectivity index (χ2v) is 3.87. The predicted molar refractivity (Wildman–Crippen MR) is 42.0 cm³/mol. The fourth-order valence-electron chi connectivity index (χ4n) is 2.17. The molecule has 0 amide bonds. The van der Waals surface area contributed by atoms with Gasteiger partial charge in [-0.15, -0.1) is 0 Å². The number of nitrogens with two attached hydrogens (primary N) is 1. The summed E-state index contributed by atoms with van der Waals surface area (Å²) in [7, 11) is 0. The molecule has 0 bridgehead atoms. The SMILES string of the molecule is NC1([C@H]2CNC[C@H]2F)CCC1. The van der Waals surface area contributed by atoms with E-state index in [4.69, 9.17) is 5.73 Å². The third kappa shape index (κ3) is 1.07. The highest BCUT2D eigenvalue weighted by Crippen LogP contribution is 2.39. The Labute approximate surface area is 66.3 Å².